The average molecular weight is 1210 g/mol. The summed E-state index contributed by atoms with van der Waals surface area (Å²) in [6.45, 7) is 17.0. The molecule has 1 heterocycles. The first-order valence-electron chi connectivity index (χ1n) is 33.2. The molecule has 1 heteroatoms. The molecule has 4 aliphatic rings. The molecule has 442 valence electrons. The van der Waals surface area contributed by atoms with E-state index in [4.69, 9.17) is 0 Å². The zero-order valence-corrected chi connectivity index (χ0v) is 54.4. The first-order valence-corrected chi connectivity index (χ1v) is 34.1. The maximum absolute atomic E-state index is 2.51. The zero-order valence-electron chi connectivity index (χ0n) is 53.6. The summed E-state index contributed by atoms with van der Waals surface area (Å²) in [5, 5.41) is 7.74. The molecule has 0 N–H and O–H groups in total. The Balaban J connectivity index is 0.618. The van der Waals surface area contributed by atoms with Gasteiger partial charge in [0, 0.05) is 41.8 Å². The lowest BCUT2D eigenvalue weighted by Crippen LogP contribution is -2.24. The van der Waals surface area contributed by atoms with Crippen LogP contribution < -0.4 is 0 Å². The second-order valence-electron chi connectivity index (χ2n) is 28.9. The van der Waals surface area contributed by atoms with Crippen LogP contribution in [0.2, 0.25) is 0 Å². The van der Waals surface area contributed by atoms with Crippen molar-refractivity contribution < 1.29 is 0 Å². The number of fused-ring (bicyclic) bond motifs is 19. The summed E-state index contributed by atoms with van der Waals surface area (Å²) < 4.78 is 2.69. The van der Waals surface area contributed by atoms with Gasteiger partial charge in [0.2, 0.25) is 0 Å². The molecule has 0 aliphatic heterocycles. The summed E-state index contributed by atoms with van der Waals surface area (Å²) >= 11 is 1.90. The van der Waals surface area contributed by atoms with Gasteiger partial charge in [0.1, 0.15) is 0 Å². The molecule has 0 amide bonds. The predicted octanol–water partition coefficient (Wildman–Crippen LogP) is 25.1. The lowest BCUT2D eigenvalue weighted by atomic mass is 9.73. The first-order chi connectivity index (χ1) is 45.2. The van der Waals surface area contributed by atoms with E-state index >= 15 is 0 Å². The van der Waals surface area contributed by atoms with Gasteiger partial charge in [-0.2, -0.15) is 0 Å². The molecule has 14 aromatic carbocycles. The average Bonchev–Trinajstić information content (AvgIpc) is 1.54. The fraction of sp³-hybridized carbons (Fsp3) is 0.130. The van der Waals surface area contributed by atoms with Crippen LogP contribution in [0, 0.1) is 0 Å². The van der Waals surface area contributed by atoms with Crippen LogP contribution >= 0.6 is 11.3 Å². The Hall–Kier alpha value is -10.2. The van der Waals surface area contributed by atoms with Gasteiger partial charge in [0.05, 0.1) is 0 Å². The lowest BCUT2D eigenvalue weighted by molar-refractivity contribution is 0.583. The summed E-state index contributed by atoms with van der Waals surface area (Å²) in [5.41, 5.74) is 35.7. The molecule has 15 aromatic rings. The van der Waals surface area contributed by atoms with E-state index in [1.807, 2.05) is 11.3 Å². The zero-order chi connectivity index (χ0) is 62.4. The van der Waals surface area contributed by atoms with Crippen molar-refractivity contribution in [2.24, 2.45) is 0 Å². The maximum Gasteiger partial charge on any atom is 0.0433 e. The molecule has 0 saturated heterocycles. The van der Waals surface area contributed by atoms with E-state index in [0.29, 0.717) is 0 Å². The number of thiophene rings is 1. The number of rotatable bonds is 7. The topological polar surface area (TPSA) is 0 Å². The van der Waals surface area contributed by atoms with Gasteiger partial charge in [-0.15, -0.1) is 11.3 Å². The Kier molecular flexibility index (Phi) is 11.4. The molecule has 0 fully saturated rings. The number of hydrogen-bond donors (Lipinski definition) is 0. The highest BCUT2D eigenvalue weighted by Crippen LogP contribution is 2.62. The van der Waals surface area contributed by atoms with Crippen molar-refractivity contribution in [1.29, 1.82) is 0 Å². The minimum absolute atomic E-state index is 0.0308. The molecule has 1 atom stereocenters. The Morgan fingerprint density at radius 1 is 0.258 bits per heavy atom. The molecule has 0 spiro atoms. The van der Waals surface area contributed by atoms with Gasteiger partial charge in [-0.3, -0.25) is 0 Å². The second-order valence-corrected chi connectivity index (χ2v) is 29.9. The molecule has 4 aliphatic carbocycles. The molecule has 1 aromatic heterocycles. The third-order valence-electron chi connectivity index (χ3n) is 22.7. The van der Waals surface area contributed by atoms with E-state index in [1.54, 1.807) is 0 Å². The largest absolute Gasteiger partial charge is 0.135 e. The molecule has 0 saturated carbocycles. The van der Waals surface area contributed by atoms with E-state index in [1.165, 1.54) is 192 Å². The maximum atomic E-state index is 2.51. The van der Waals surface area contributed by atoms with Crippen molar-refractivity contribution in [3.05, 3.63) is 323 Å². The minimum atomic E-state index is -0.254. The van der Waals surface area contributed by atoms with Crippen LogP contribution in [0.25, 0.3) is 142 Å². The molecule has 19 rings (SSSR count). The summed E-state index contributed by atoms with van der Waals surface area (Å²) in [6, 6.07) is 105. The van der Waals surface area contributed by atoms with Gasteiger partial charge in [0.15, 0.2) is 0 Å². The van der Waals surface area contributed by atoms with Crippen molar-refractivity contribution in [1.82, 2.24) is 0 Å². The van der Waals surface area contributed by atoms with E-state index in [2.05, 4.69) is 321 Å². The first kappa shape index (κ1) is 54.5. The van der Waals surface area contributed by atoms with Crippen LogP contribution in [0.15, 0.2) is 273 Å². The normalized spacial score (nSPS) is 16.2. The molecular weight excluding hydrogens is 1140 g/mol. The summed E-state index contributed by atoms with van der Waals surface area (Å²) in [6.07, 6.45) is 0.885. The Morgan fingerprint density at radius 2 is 0.731 bits per heavy atom. The van der Waals surface area contributed by atoms with E-state index in [0.717, 1.165) is 6.42 Å². The van der Waals surface area contributed by atoms with Crippen molar-refractivity contribution in [3.63, 3.8) is 0 Å². The highest BCUT2D eigenvalue weighted by molar-refractivity contribution is 7.26. The van der Waals surface area contributed by atoms with Crippen LogP contribution in [0.1, 0.15) is 98.5 Å². The van der Waals surface area contributed by atoms with Crippen LogP contribution in [-0.2, 0) is 28.1 Å². The minimum Gasteiger partial charge on any atom is -0.135 e. The van der Waals surface area contributed by atoms with Gasteiger partial charge >= 0.3 is 0 Å². The Bertz CT molecular complexity index is 5780. The quantitative estimate of drug-likeness (QED) is 0.149. The Labute approximate surface area is 549 Å². The number of hydrogen-bond acceptors (Lipinski definition) is 1. The van der Waals surface area contributed by atoms with E-state index < -0.39 is 0 Å². The van der Waals surface area contributed by atoms with Crippen molar-refractivity contribution >= 4 is 53.1 Å². The molecule has 1 unspecified atom stereocenters. The SMILES string of the molecule is CC1(C)c2ccccc2-c2c1ccc1c2-c2ccc(-c3cccc(-c4ccc5cc(-c6ccc7cccc(CC8(C)c9ccccc9-c9c8ccc8c9C(C)(C)c9cc(-c%10cccc(-c%11cccc%12c%11sc%11ccccc%11%12)c%10)ccc9-8)c7c6)ccc5c4)c3)cc2C1(C)C. The third kappa shape index (κ3) is 7.78. The summed E-state index contributed by atoms with van der Waals surface area (Å²) in [5.74, 6) is 0. The van der Waals surface area contributed by atoms with Gasteiger partial charge in [-0.05, 0) is 227 Å². The standard InChI is InChI=1S/C92H68S/c1-89(2)76-29-11-8-25-72(76)84-78(89)44-45-79-85(84)74-41-39-64(52-82(74)90(79,3)4)56-20-15-19-55(46-56)58-34-35-60-48-61(37-36-59(60)47-58)62-33-32-54-18-14-23-66(75(54)50-62)53-92(7)77-30-12-9-26-73(77)86-80(92)43-42-70-68-40-38-63(51-81(68)91(5,6)87(70)86)57-21-16-22-65(49-57)67-27-17-28-71-69-24-10-13-31-83(69)93-88(67)71/h8-52H,53H2,1-7H3. The van der Waals surface area contributed by atoms with Crippen LogP contribution in [0.4, 0.5) is 0 Å². The van der Waals surface area contributed by atoms with E-state index in [9.17, 15) is 0 Å². The molecular formula is C92H68S. The smallest absolute Gasteiger partial charge is 0.0433 e. The van der Waals surface area contributed by atoms with Gasteiger partial charge < -0.3 is 0 Å². The van der Waals surface area contributed by atoms with E-state index in [-0.39, 0.29) is 21.7 Å². The van der Waals surface area contributed by atoms with Crippen LogP contribution in [0.3, 0.4) is 0 Å². The second kappa shape index (κ2) is 19.4. The van der Waals surface area contributed by atoms with Crippen molar-refractivity contribution in [2.75, 3.05) is 0 Å². The van der Waals surface area contributed by atoms with Crippen molar-refractivity contribution in [3.8, 4) is 100 Å². The predicted molar refractivity (Wildman–Crippen MR) is 396 cm³/mol. The van der Waals surface area contributed by atoms with Gasteiger partial charge in [0.25, 0.3) is 0 Å². The highest BCUT2D eigenvalue weighted by Gasteiger charge is 2.47. The molecule has 0 nitrogen and oxygen atoms in total. The van der Waals surface area contributed by atoms with Crippen molar-refractivity contribution in [2.45, 2.75) is 76.5 Å². The van der Waals surface area contributed by atoms with Gasteiger partial charge in [-0.25, -0.2) is 0 Å². The summed E-state index contributed by atoms with van der Waals surface area (Å²) in [4.78, 5) is 0. The van der Waals surface area contributed by atoms with Crippen LogP contribution in [0.5, 0.6) is 0 Å². The monoisotopic (exact) mass is 1200 g/mol. The third-order valence-corrected chi connectivity index (χ3v) is 23.9. The number of benzene rings is 14. The molecule has 0 radical (unpaired) electrons. The van der Waals surface area contributed by atoms with Gasteiger partial charge in [-0.1, -0.05) is 273 Å². The lowest BCUT2D eigenvalue weighted by Gasteiger charge is -2.30. The molecule has 0 bridgehead atoms. The Morgan fingerprint density at radius 3 is 1.44 bits per heavy atom. The summed E-state index contributed by atoms with van der Waals surface area (Å²) in [7, 11) is 0. The highest BCUT2D eigenvalue weighted by atomic mass is 32.1. The fourth-order valence-electron chi connectivity index (χ4n) is 17.9. The van der Waals surface area contributed by atoms with Crippen LogP contribution in [-0.4, -0.2) is 0 Å². The molecule has 93 heavy (non-hydrogen) atoms. The fourth-order valence-corrected chi connectivity index (χ4v) is 19.2.